The minimum atomic E-state index is -6.60. The molecule has 1 N–H and O–H groups in total. The van der Waals surface area contributed by atoms with Gasteiger partial charge in [-0.15, -0.1) is 0 Å². The third-order valence-corrected chi connectivity index (χ3v) is 5.57. The van der Waals surface area contributed by atoms with Crippen LogP contribution in [0.15, 0.2) is 78.9 Å². The number of halogens is 10. The molecular weight excluding hydrogens is 564 g/mol. The molecule has 0 fully saturated rings. The minimum absolute atomic E-state index is 0.119. The first-order chi connectivity index (χ1) is 18.4. The lowest BCUT2D eigenvalue weighted by molar-refractivity contribution is -0.359. The topological polar surface area (TPSA) is 41.9 Å². The number of hydrogen-bond donors (Lipinski definition) is 1. The van der Waals surface area contributed by atoms with Gasteiger partial charge in [0.25, 0.3) is 0 Å². The molecule has 218 valence electrons. The quantitative estimate of drug-likeness (QED) is 0.195. The monoisotopic (exact) mass is 585 g/mol. The van der Waals surface area contributed by atoms with Gasteiger partial charge < -0.3 is 14.7 Å². The van der Waals surface area contributed by atoms with Crippen LogP contribution in [-0.4, -0.2) is 36.0 Å². The van der Waals surface area contributed by atoms with E-state index in [1.807, 2.05) is 0 Å². The van der Waals surface area contributed by atoms with Crippen molar-refractivity contribution in [2.75, 3.05) is 11.6 Å². The lowest BCUT2D eigenvalue weighted by Gasteiger charge is -2.30. The van der Waals surface area contributed by atoms with Crippen LogP contribution in [0.2, 0.25) is 0 Å². The molecule has 0 saturated carbocycles. The number of anilines is 1. The molecule has 0 amide bonds. The van der Waals surface area contributed by atoms with Crippen molar-refractivity contribution in [1.29, 1.82) is 0 Å². The Kier molecular flexibility index (Phi) is 8.82. The molecule has 0 spiro atoms. The van der Waals surface area contributed by atoms with Gasteiger partial charge in [0.2, 0.25) is 0 Å². The van der Waals surface area contributed by atoms with Crippen LogP contribution in [0, 0.1) is 0 Å². The van der Waals surface area contributed by atoms with E-state index in [-0.39, 0.29) is 23.6 Å². The third kappa shape index (κ3) is 6.90. The molecule has 0 aliphatic heterocycles. The van der Waals surface area contributed by atoms with E-state index in [9.17, 15) is 49.0 Å². The number of alkyl halides is 10. The fourth-order valence-corrected chi connectivity index (χ4v) is 3.40. The zero-order valence-electron chi connectivity index (χ0n) is 20.4. The van der Waals surface area contributed by atoms with Crippen LogP contribution in [-0.2, 0) is 5.92 Å². The van der Waals surface area contributed by atoms with Crippen LogP contribution in [0.25, 0.3) is 0 Å². The molecule has 4 nitrogen and oxygen atoms in total. The summed E-state index contributed by atoms with van der Waals surface area (Å²) in [4.78, 5) is 5.20. The van der Waals surface area contributed by atoms with Gasteiger partial charge in [-0.05, 0) is 36.8 Å². The highest BCUT2D eigenvalue weighted by Crippen LogP contribution is 2.52. The predicted molar refractivity (Wildman–Crippen MR) is 123 cm³/mol. The van der Waals surface area contributed by atoms with E-state index >= 15 is 0 Å². The first-order valence-corrected chi connectivity index (χ1v) is 11.4. The maximum absolute atomic E-state index is 14.2. The largest absolute Gasteiger partial charge is 0.486 e. The van der Waals surface area contributed by atoms with E-state index in [0.29, 0.717) is 11.1 Å². The Hall–Kier alpha value is -3.68. The Morgan fingerprint density at radius 3 is 1.95 bits per heavy atom. The summed E-state index contributed by atoms with van der Waals surface area (Å²) in [5.41, 5.74) is -1.25. The van der Waals surface area contributed by atoms with Gasteiger partial charge >= 0.3 is 24.2 Å². The molecule has 0 aliphatic rings. The molecule has 3 rings (SSSR count). The standard InChI is InChI=1S/C26H21F10NO3/c1-16(17-7-3-2-4-8-17)39-20-11-6-10-19(14-20)37(15-22(38)24(29,30)31)40-21-12-5-9-18(13-21)23(27,28)25(32,33)26(34,35)36/h2-14,16,22,38H,15H2,1H3/t16?,22-/m0/s1. The molecule has 40 heavy (non-hydrogen) atoms. The van der Waals surface area contributed by atoms with Gasteiger partial charge in [-0.2, -0.15) is 43.9 Å². The number of aliphatic hydroxyl groups excluding tert-OH is 1. The normalized spacial score (nSPS) is 14.4. The molecule has 0 saturated heterocycles. The Bertz CT molecular complexity index is 1270. The van der Waals surface area contributed by atoms with E-state index in [2.05, 4.69) is 0 Å². The summed E-state index contributed by atoms with van der Waals surface area (Å²) < 4.78 is 138. The van der Waals surface area contributed by atoms with Crippen LogP contribution in [0.1, 0.15) is 24.2 Å². The Balaban J connectivity index is 1.94. The van der Waals surface area contributed by atoms with Crippen molar-refractivity contribution >= 4 is 5.69 Å². The fourth-order valence-electron chi connectivity index (χ4n) is 3.40. The average molecular weight is 585 g/mol. The molecule has 0 bridgehead atoms. The summed E-state index contributed by atoms with van der Waals surface area (Å²) in [6, 6.07) is 15.9. The Labute approximate surface area is 221 Å². The smallest absolute Gasteiger partial charge is 0.460 e. The molecule has 0 aliphatic carbocycles. The molecule has 0 aromatic heterocycles. The number of rotatable bonds is 10. The van der Waals surface area contributed by atoms with E-state index in [4.69, 9.17) is 9.57 Å². The van der Waals surface area contributed by atoms with E-state index < -0.39 is 54.3 Å². The van der Waals surface area contributed by atoms with Gasteiger partial charge in [-0.25, -0.2) is 5.06 Å². The first-order valence-electron chi connectivity index (χ1n) is 11.4. The second-order valence-corrected chi connectivity index (χ2v) is 8.55. The van der Waals surface area contributed by atoms with Crippen LogP contribution < -0.4 is 14.6 Å². The van der Waals surface area contributed by atoms with Crippen molar-refractivity contribution in [2.24, 2.45) is 0 Å². The molecule has 14 heteroatoms. The van der Waals surface area contributed by atoms with Crippen molar-refractivity contribution in [3.63, 3.8) is 0 Å². The van der Waals surface area contributed by atoms with Crippen molar-refractivity contribution in [1.82, 2.24) is 0 Å². The number of hydrogen-bond acceptors (Lipinski definition) is 4. The molecule has 1 unspecified atom stereocenters. The number of benzene rings is 3. The number of ether oxygens (including phenoxy) is 1. The second kappa shape index (κ2) is 11.4. The summed E-state index contributed by atoms with van der Waals surface area (Å²) in [7, 11) is 0. The summed E-state index contributed by atoms with van der Waals surface area (Å²) in [5, 5.41) is 10.0. The maximum atomic E-state index is 14.2. The lowest BCUT2D eigenvalue weighted by atomic mass is 10.0. The zero-order chi connectivity index (χ0) is 29.9. The Morgan fingerprint density at radius 2 is 1.35 bits per heavy atom. The van der Waals surface area contributed by atoms with E-state index in [1.54, 1.807) is 37.3 Å². The second-order valence-electron chi connectivity index (χ2n) is 8.55. The van der Waals surface area contributed by atoms with Crippen molar-refractivity contribution < 1.29 is 58.6 Å². The van der Waals surface area contributed by atoms with Gasteiger partial charge in [0.15, 0.2) is 11.9 Å². The van der Waals surface area contributed by atoms with Crippen LogP contribution in [0.3, 0.4) is 0 Å². The highest BCUT2D eigenvalue weighted by atomic mass is 19.4. The molecular formula is C26H21F10NO3. The van der Waals surface area contributed by atoms with Crippen LogP contribution in [0.4, 0.5) is 49.6 Å². The Morgan fingerprint density at radius 1 is 0.750 bits per heavy atom. The zero-order valence-corrected chi connectivity index (χ0v) is 20.4. The summed E-state index contributed by atoms with van der Waals surface area (Å²) in [6.45, 7) is 0.354. The highest BCUT2D eigenvalue weighted by molar-refractivity contribution is 5.50. The van der Waals surface area contributed by atoms with E-state index in [1.165, 1.54) is 24.3 Å². The fraction of sp³-hybridized carbons (Fsp3) is 0.308. The van der Waals surface area contributed by atoms with Crippen molar-refractivity contribution in [3.05, 3.63) is 90.0 Å². The molecule has 3 aromatic carbocycles. The summed E-state index contributed by atoms with van der Waals surface area (Å²) in [6.07, 6.45) is -15.3. The number of nitrogens with zero attached hydrogens (tertiary/aromatic N) is 1. The maximum Gasteiger partial charge on any atom is 0.460 e. The predicted octanol–water partition coefficient (Wildman–Crippen LogP) is 7.84. The van der Waals surface area contributed by atoms with Gasteiger partial charge in [-0.3, -0.25) is 0 Å². The molecule has 0 heterocycles. The third-order valence-electron chi connectivity index (χ3n) is 5.57. The molecule has 3 aromatic rings. The van der Waals surface area contributed by atoms with Gasteiger partial charge in [0.05, 0.1) is 12.2 Å². The first kappa shape index (κ1) is 30.9. The highest BCUT2D eigenvalue weighted by Gasteiger charge is 2.73. The lowest BCUT2D eigenvalue weighted by Crippen LogP contribution is -2.50. The SMILES string of the molecule is CC(Oc1cccc(N(C[C@H](O)C(F)(F)F)Oc2cccc(C(F)(F)C(F)(F)C(F)(F)F)c2)c1)c1ccccc1. The summed E-state index contributed by atoms with van der Waals surface area (Å²) in [5.74, 6) is -12.9. The van der Waals surface area contributed by atoms with Gasteiger partial charge in [0, 0.05) is 11.6 Å². The molecule has 0 radical (unpaired) electrons. The summed E-state index contributed by atoms with van der Waals surface area (Å²) >= 11 is 0. The minimum Gasteiger partial charge on any atom is -0.486 e. The van der Waals surface area contributed by atoms with Crippen LogP contribution in [0.5, 0.6) is 11.5 Å². The number of aliphatic hydroxyl groups is 1. The molecule has 2 atom stereocenters. The average Bonchev–Trinajstić information content (AvgIpc) is 2.87. The van der Waals surface area contributed by atoms with Crippen molar-refractivity contribution in [3.8, 4) is 11.5 Å². The van der Waals surface area contributed by atoms with Crippen molar-refractivity contribution in [2.45, 2.75) is 43.3 Å². The van der Waals surface area contributed by atoms with Crippen LogP contribution >= 0.6 is 0 Å². The van der Waals surface area contributed by atoms with Gasteiger partial charge in [0.1, 0.15) is 11.9 Å². The van der Waals surface area contributed by atoms with E-state index in [0.717, 1.165) is 11.6 Å². The van der Waals surface area contributed by atoms with Gasteiger partial charge in [-0.1, -0.05) is 48.5 Å². The number of hydroxylamine groups is 1.